The van der Waals surface area contributed by atoms with Crippen molar-refractivity contribution in [3.63, 3.8) is 0 Å². The van der Waals surface area contributed by atoms with Gasteiger partial charge in [-0.25, -0.2) is 0 Å². The van der Waals surface area contributed by atoms with Gasteiger partial charge in [0.25, 0.3) is 0 Å². The third kappa shape index (κ3) is 11.9. The number of carbonyl (C=O) groups is 2. The molecule has 6 nitrogen and oxygen atoms in total. The number of hydrogen-bond donors (Lipinski definition) is 2. The van der Waals surface area contributed by atoms with Crippen molar-refractivity contribution >= 4 is 11.9 Å². The van der Waals surface area contributed by atoms with Crippen LogP contribution in [0.3, 0.4) is 0 Å². The molecule has 2 N–H and O–H groups in total. The van der Waals surface area contributed by atoms with E-state index in [4.69, 9.17) is 4.74 Å². The number of nitrogens with one attached hydrogen (secondary N) is 2. The molecule has 1 amide bonds. The molecule has 1 saturated heterocycles. The van der Waals surface area contributed by atoms with Crippen LogP contribution in [-0.2, 0) is 14.3 Å². The summed E-state index contributed by atoms with van der Waals surface area (Å²) in [5.74, 6) is 0.0582. The summed E-state index contributed by atoms with van der Waals surface area (Å²) in [6, 6.07) is 0. The summed E-state index contributed by atoms with van der Waals surface area (Å²) in [6.45, 7) is 7.04. The molecule has 0 bridgehead atoms. The molecule has 0 unspecified atom stereocenters. The Morgan fingerprint density at radius 2 is 1.68 bits per heavy atom. The molecule has 1 aliphatic rings. The molecule has 0 aromatic rings. The van der Waals surface area contributed by atoms with Gasteiger partial charge in [0.1, 0.15) is 0 Å². The summed E-state index contributed by atoms with van der Waals surface area (Å²) < 4.78 is 5.23. The number of carbonyl (C=O) groups excluding carboxylic acids is 2. The van der Waals surface area contributed by atoms with Gasteiger partial charge in [-0.15, -0.1) is 0 Å². The van der Waals surface area contributed by atoms with Gasteiger partial charge in [0, 0.05) is 32.6 Å². The Balaban J connectivity index is 1.85. The van der Waals surface area contributed by atoms with Crippen LogP contribution < -0.4 is 10.6 Å². The minimum absolute atomic E-state index is 0.0922. The zero-order valence-corrected chi connectivity index (χ0v) is 16.0. The third-order valence-corrected chi connectivity index (χ3v) is 4.49. The van der Waals surface area contributed by atoms with Gasteiger partial charge in [-0.2, -0.15) is 0 Å². The van der Waals surface area contributed by atoms with Crippen LogP contribution in [0.1, 0.15) is 64.7 Å². The minimum atomic E-state index is -0.0922. The van der Waals surface area contributed by atoms with Crippen LogP contribution in [0.4, 0.5) is 0 Å². The molecule has 1 heterocycles. The Kier molecular flexibility index (Phi) is 13.3. The second kappa shape index (κ2) is 15.1. The number of unbranched alkanes of at least 4 members (excludes halogenated alkanes) is 6. The van der Waals surface area contributed by atoms with E-state index in [2.05, 4.69) is 17.6 Å². The zero-order chi connectivity index (χ0) is 18.2. The van der Waals surface area contributed by atoms with Crippen molar-refractivity contribution in [2.75, 3.05) is 45.9 Å². The predicted molar refractivity (Wildman–Crippen MR) is 101 cm³/mol. The van der Waals surface area contributed by atoms with Gasteiger partial charge in [0.15, 0.2) is 0 Å². The van der Waals surface area contributed by atoms with Crippen molar-refractivity contribution in [3.05, 3.63) is 0 Å². The van der Waals surface area contributed by atoms with Crippen molar-refractivity contribution in [1.82, 2.24) is 15.5 Å². The van der Waals surface area contributed by atoms with E-state index in [-0.39, 0.29) is 11.9 Å². The Hall–Kier alpha value is -1.14. The van der Waals surface area contributed by atoms with E-state index in [0.29, 0.717) is 26.1 Å². The van der Waals surface area contributed by atoms with Crippen LogP contribution in [0, 0.1) is 0 Å². The lowest BCUT2D eigenvalue weighted by Gasteiger charge is -2.27. The van der Waals surface area contributed by atoms with Gasteiger partial charge in [0.2, 0.25) is 5.91 Å². The second-order valence-electron chi connectivity index (χ2n) is 6.75. The molecule has 0 spiro atoms. The Labute approximate surface area is 153 Å². The lowest BCUT2D eigenvalue weighted by molar-refractivity contribution is -0.144. The molecule has 0 aromatic carbocycles. The second-order valence-corrected chi connectivity index (χ2v) is 6.75. The molecule has 25 heavy (non-hydrogen) atoms. The Morgan fingerprint density at radius 1 is 1.00 bits per heavy atom. The topological polar surface area (TPSA) is 70.7 Å². The van der Waals surface area contributed by atoms with E-state index in [1.165, 1.54) is 32.1 Å². The first-order valence-corrected chi connectivity index (χ1v) is 10.1. The van der Waals surface area contributed by atoms with Crippen LogP contribution >= 0.6 is 0 Å². The average molecular weight is 356 g/mol. The molecule has 1 aliphatic heterocycles. The number of amides is 1. The number of esters is 1. The highest BCUT2D eigenvalue weighted by molar-refractivity contribution is 5.78. The molecule has 0 radical (unpaired) electrons. The first-order valence-electron chi connectivity index (χ1n) is 10.1. The highest BCUT2D eigenvalue weighted by Gasteiger charge is 2.15. The summed E-state index contributed by atoms with van der Waals surface area (Å²) >= 11 is 0. The summed E-state index contributed by atoms with van der Waals surface area (Å²) in [6.07, 6.45) is 9.73. The monoisotopic (exact) mass is 355 g/mol. The quantitative estimate of drug-likeness (QED) is 0.369. The van der Waals surface area contributed by atoms with Crippen LogP contribution in [0.5, 0.6) is 0 Å². The Morgan fingerprint density at radius 3 is 2.40 bits per heavy atom. The predicted octanol–water partition coefficient (Wildman–Crippen LogP) is 2.08. The van der Waals surface area contributed by atoms with E-state index in [1.54, 1.807) is 0 Å². The van der Waals surface area contributed by atoms with Gasteiger partial charge in [-0.3, -0.25) is 9.59 Å². The lowest BCUT2D eigenvalue weighted by Crippen LogP contribution is -2.49. The highest BCUT2D eigenvalue weighted by Crippen LogP contribution is 2.08. The number of rotatable bonds is 14. The summed E-state index contributed by atoms with van der Waals surface area (Å²) in [4.78, 5) is 25.4. The molecule has 0 saturated carbocycles. The first-order chi connectivity index (χ1) is 12.2. The lowest BCUT2D eigenvalue weighted by atomic mass is 10.1. The molecule has 146 valence electrons. The fourth-order valence-corrected chi connectivity index (χ4v) is 2.90. The normalized spacial score (nSPS) is 14.5. The summed E-state index contributed by atoms with van der Waals surface area (Å²) in [5, 5.41) is 6.36. The van der Waals surface area contributed by atoms with Gasteiger partial charge in [0.05, 0.1) is 13.2 Å². The van der Waals surface area contributed by atoms with Crippen molar-refractivity contribution in [3.8, 4) is 0 Å². The van der Waals surface area contributed by atoms with E-state index in [1.807, 2.05) is 4.90 Å². The van der Waals surface area contributed by atoms with Crippen molar-refractivity contribution in [2.45, 2.75) is 64.7 Å². The van der Waals surface area contributed by atoms with Crippen LogP contribution in [0.15, 0.2) is 0 Å². The molecule has 0 aliphatic carbocycles. The molecule has 0 aromatic heterocycles. The SMILES string of the molecule is CCCCCCCCCC(=O)OCCCNCC(=O)N1CCNCC1. The maximum Gasteiger partial charge on any atom is 0.305 e. The van der Waals surface area contributed by atoms with Crippen LogP contribution in [-0.4, -0.2) is 62.7 Å². The van der Waals surface area contributed by atoms with Crippen molar-refractivity contribution in [1.29, 1.82) is 0 Å². The van der Waals surface area contributed by atoms with E-state index >= 15 is 0 Å². The number of nitrogens with zero attached hydrogens (tertiary/aromatic N) is 1. The summed E-state index contributed by atoms with van der Waals surface area (Å²) in [5.41, 5.74) is 0. The third-order valence-electron chi connectivity index (χ3n) is 4.49. The van der Waals surface area contributed by atoms with E-state index in [9.17, 15) is 9.59 Å². The molecule has 1 rings (SSSR count). The highest BCUT2D eigenvalue weighted by atomic mass is 16.5. The largest absolute Gasteiger partial charge is 0.466 e. The van der Waals surface area contributed by atoms with E-state index in [0.717, 1.165) is 45.4 Å². The van der Waals surface area contributed by atoms with E-state index < -0.39 is 0 Å². The van der Waals surface area contributed by atoms with Gasteiger partial charge >= 0.3 is 5.97 Å². The van der Waals surface area contributed by atoms with Gasteiger partial charge in [-0.1, -0.05) is 45.4 Å². The maximum absolute atomic E-state index is 11.9. The van der Waals surface area contributed by atoms with Crippen LogP contribution in [0.2, 0.25) is 0 Å². The molecule has 6 heteroatoms. The molecular formula is C19H37N3O3. The molecular weight excluding hydrogens is 318 g/mol. The fraction of sp³-hybridized carbons (Fsp3) is 0.895. The maximum atomic E-state index is 11.9. The van der Waals surface area contributed by atoms with Gasteiger partial charge < -0.3 is 20.3 Å². The molecule has 0 atom stereocenters. The van der Waals surface area contributed by atoms with Crippen molar-refractivity contribution in [2.24, 2.45) is 0 Å². The molecule has 1 fully saturated rings. The zero-order valence-electron chi connectivity index (χ0n) is 16.0. The smallest absolute Gasteiger partial charge is 0.305 e. The Bertz CT molecular complexity index is 358. The van der Waals surface area contributed by atoms with Crippen molar-refractivity contribution < 1.29 is 14.3 Å². The van der Waals surface area contributed by atoms with Crippen LogP contribution in [0.25, 0.3) is 0 Å². The van der Waals surface area contributed by atoms with Gasteiger partial charge in [-0.05, 0) is 19.4 Å². The number of piperazine rings is 1. The fourth-order valence-electron chi connectivity index (χ4n) is 2.90. The number of hydrogen-bond acceptors (Lipinski definition) is 5. The standard InChI is InChI=1S/C19H37N3O3/c1-2-3-4-5-6-7-8-10-19(24)25-16-9-11-21-17-18(23)22-14-12-20-13-15-22/h20-21H,2-17H2,1H3. The first kappa shape index (κ1) is 21.9. The summed E-state index contributed by atoms with van der Waals surface area (Å²) in [7, 11) is 0. The number of ether oxygens (including phenoxy) is 1. The average Bonchev–Trinajstić information content (AvgIpc) is 2.64. The minimum Gasteiger partial charge on any atom is -0.466 e.